The molecule has 2 aliphatic heterocycles. The molecule has 1 aromatic carbocycles. The van der Waals surface area contributed by atoms with E-state index in [1.807, 2.05) is 6.92 Å². The van der Waals surface area contributed by atoms with Gasteiger partial charge in [0.25, 0.3) is 5.91 Å². The summed E-state index contributed by atoms with van der Waals surface area (Å²) in [5.41, 5.74) is 1.33. The maximum Gasteiger partial charge on any atom is 0.252 e. The second kappa shape index (κ2) is 7.40. The number of fused-ring (bicyclic) bond motifs is 2. The third kappa shape index (κ3) is 3.31. The number of benzene rings is 1. The highest BCUT2D eigenvalue weighted by atomic mass is 16.5. The number of nitrogens with zero attached hydrogens (tertiary/aromatic N) is 3. The van der Waals surface area contributed by atoms with Gasteiger partial charge in [0.1, 0.15) is 29.7 Å². The number of aromatic nitrogens is 3. The first kappa shape index (κ1) is 20.1. The zero-order valence-corrected chi connectivity index (χ0v) is 17.8. The van der Waals surface area contributed by atoms with Crippen LogP contribution in [0.15, 0.2) is 18.2 Å². The number of carbonyl (C=O) groups excluding carboxylic acids is 3. The lowest BCUT2D eigenvalue weighted by atomic mass is 9.79. The van der Waals surface area contributed by atoms with E-state index in [1.165, 1.54) is 0 Å². The zero-order valence-electron chi connectivity index (χ0n) is 17.8. The molecule has 2 amide bonds. The number of aromatic amines is 1. The zero-order chi connectivity index (χ0) is 21.8. The van der Waals surface area contributed by atoms with Gasteiger partial charge < -0.3 is 15.0 Å². The molecule has 164 valence electrons. The number of ketones is 1. The van der Waals surface area contributed by atoms with Crippen molar-refractivity contribution in [2.24, 2.45) is 11.3 Å². The van der Waals surface area contributed by atoms with Crippen LogP contribution in [0, 0.1) is 11.3 Å². The Bertz CT molecular complexity index is 1040. The monoisotopic (exact) mass is 425 g/mol. The molecule has 9 heteroatoms. The van der Waals surface area contributed by atoms with E-state index in [0.29, 0.717) is 23.1 Å². The van der Waals surface area contributed by atoms with Crippen LogP contribution in [0.2, 0.25) is 0 Å². The van der Waals surface area contributed by atoms with Gasteiger partial charge in [-0.05, 0) is 36.5 Å². The van der Waals surface area contributed by atoms with Gasteiger partial charge in [-0.2, -0.15) is 15.4 Å². The van der Waals surface area contributed by atoms with Crippen LogP contribution in [-0.4, -0.2) is 69.2 Å². The molecule has 1 aromatic heterocycles. The van der Waals surface area contributed by atoms with E-state index in [2.05, 4.69) is 27.7 Å². The van der Waals surface area contributed by atoms with Crippen molar-refractivity contribution in [2.75, 3.05) is 13.2 Å². The van der Waals surface area contributed by atoms with Crippen LogP contribution in [0.5, 0.6) is 0 Å². The Kier molecular flexibility index (Phi) is 4.80. The molecule has 1 aliphatic carbocycles. The van der Waals surface area contributed by atoms with Crippen molar-refractivity contribution in [1.82, 2.24) is 25.6 Å². The average Bonchev–Trinajstić information content (AvgIpc) is 3.52. The van der Waals surface area contributed by atoms with Crippen molar-refractivity contribution < 1.29 is 19.1 Å². The van der Waals surface area contributed by atoms with Gasteiger partial charge >= 0.3 is 0 Å². The van der Waals surface area contributed by atoms with E-state index < -0.39 is 12.1 Å². The lowest BCUT2D eigenvalue weighted by molar-refractivity contribution is -0.140. The van der Waals surface area contributed by atoms with Gasteiger partial charge in [-0.1, -0.05) is 26.7 Å². The molecule has 31 heavy (non-hydrogen) atoms. The molecule has 3 aliphatic rings. The van der Waals surface area contributed by atoms with Crippen LogP contribution in [-0.2, 0) is 14.3 Å². The van der Waals surface area contributed by atoms with Gasteiger partial charge in [0.15, 0.2) is 5.78 Å². The lowest BCUT2D eigenvalue weighted by Crippen LogP contribution is -2.57. The van der Waals surface area contributed by atoms with E-state index >= 15 is 0 Å². The predicted octanol–water partition coefficient (Wildman–Crippen LogP) is 1.45. The molecule has 0 unspecified atom stereocenters. The minimum atomic E-state index is -0.699. The van der Waals surface area contributed by atoms with Gasteiger partial charge in [0, 0.05) is 18.0 Å². The van der Waals surface area contributed by atoms with Crippen molar-refractivity contribution in [3.05, 3.63) is 23.8 Å². The molecule has 3 fully saturated rings. The summed E-state index contributed by atoms with van der Waals surface area (Å²) in [6.07, 6.45) is 3.50. The quantitative estimate of drug-likeness (QED) is 0.766. The standard InChI is InChI=1S/C22H27N5O4/c1-12-10-27(17-16(28)11-31-18(12)17)21(30)19(22(2)7-3-4-8-22)23-20(29)13-5-6-14-15(9-13)25-26-24-14/h5-6,9,12,17-19H,3-4,7-8,10-11H2,1-2H3,(H,23,29)(H,24,25,26)/t12-,17-,18-,19-/m1/s1. The second-order valence-corrected chi connectivity index (χ2v) is 9.45. The smallest absolute Gasteiger partial charge is 0.252 e. The first-order chi connectivity index (χ1) is 14.9. The van der Waals surface area contributed by atoms with E-state index in [9.17, 15) is 14.4 Å². The fourth-order valence-corrected chi connectivity index (χ4v) is 5.49. The molecule has 0 radical (unpaired) electrons. The fourth-order valence-electron chi connectivity index (χ4n) is 5.49. The summed E-state index contributed by atoms with van der Waals surface area (Å²) in [6, 6.07) is 3.83. The summed E-state index contributed by atoms with van der Waals surface area (Å²) < 4.78 is 5.65. The van der Waals surface area contributed by atoms with Crippen molar-refractivity contribution in [2.45, 2.75) is 57.7 Å². The summed E-state index contributed by atoms with van der Waals surface area (Å²) >= 11 is 0. The largest absolute Gasteiger partial charge is 0.367 e. The van der Waals surface area contributed by atoms with Crippen molar-refractivity contribution in [3.63, 3.8) is 0 Å². The molecule has 0 spiro atoms. The number of likely N-dealkylation sites (tertiary alicyclic amines) is 1. The summed E-state index contributed by atoms with van der Waals surface area (Å²) in [5, 5.41) is 13.6. The minimum absolute atomic E-state index is 0.0511. The van der Waals surface area contributed by atoms with Gasteiger partial charge in [-0.25, -0.2) is 0 Å². The van der Waals surface area contributed by atoms with Gasteiger partial charge in [-0.15, -0.1) is 0 Å². The third-order valence-electron chi connectivity index (χ3n) is 7.27. The van der Waals surface area contributed by atoms with Crippen LogP contribution in [0.25, 0.3) is 11.0 Å². The van der Waals surface area contributed by atoms with Gasteiger partial charge in [0.2, 0.25) is 5.91 Å². The maximum absolute atomic E-state index is 13.8. The normalized spacial score (nSPS) is 28.1. The predicted molar refractivity (Wildman–Crippen MR) is 111 cm³/mol. The van der Waals surface area contributed by atoms with Crippen LogP contribution < -0.4 is 5.32 Å². The average molecular weight is 425 g/mol. The Morgan fingerprint density at radius 3 is 2.77 bits per heavy atom. The molecule has 5 rings (SSSR count). The van der Waals surface area contributed by atoms with Crippen molar-refractivity contribution in [3.8, 4) is 0 Å². The molecule has 3 heterocycles. The highest BCUT2D eigenvalue weighted by molar-refractivity contribution is 6.01. The molecular weight excluding hydrogens is 398 g/mol. The Balaban J connectivity index is 1.44. The molecule has 2 aromatic rings. The Morgan fingerprint density at radius 1 is 1.26 bits per heavy atom. The molecule has 4 atom stereocenters. The molecule has 9 nitrogen and oxygen atoms in total. The first-order valence-corrected chi connectivity index (χ1v) is 10.9. The maximum atomic E-state index is 13.8. The Hall–Kier alpha value is -2.81. The highest BCUT2D eigenvalue weighted by Gasteiger charge is 2.54. The summed E-state index contributed by atoms with van der Waals surface area (Å²) in [4.78, 5) is 41.1. The SMILES string of the molecule is C[C@@H]1CN(C(=O)[C@@H](NC(=O)c2ccc3n[nH]nc3c2)C2(C)CCCC2)[C@@H]2C(=O)CO[C@H]12. The lowest BCUT2D eigenvalue weighted by Gasteiger charge is -2.37. The number of hydrogen-bond acceptors (Lipinski definition) is 6. The molecule has 0 bridgehead atoms. The first-order valence-electron chi connectivity index (χ1n) is 10.9. The number of carbonyl (C=O) groups is 3. The van der Waals surface area contributed by atoms with Crippen molar-refractivity contribution >= 4 is 28.6 Å². The Morgan fingerprint density at radius 2 is 2.00 bits per heavy atom. The molecule has 2 saturated heterocycles. The van der Waals surface area contributed by atoms with E-state index in [-0.39, 0.29) is 41.6 Å². The number of H-pyrrole nitrogens is 1. The highest BCUT2D eigenvalue weighted by Crippen LogP contribution is 2.42. The van der Waals surface area contributed by atoms with E-state index in [1.54, 1.807) is 23.1 Å². The summed E-state index contributed by atoms with van der Waals surface area (Å²) in [7, 11) is 0. The Labute approximate surface area is 179 Å². The van der Waals surface area contributed by atoms with E-state index in [0.717, 1.165) is 25.7 Å². The van der Waals surface area contributed by atoms with Gasteiger partial charge in [-0.3, -0.25) is 14.4 Å². The third-order valence-corrected chi connectivity index (χ3v) is 7.27. The van der Waals surface area contributed by atoms with Crippen molar-refractivity contribution in [1.29, 1.82) is 0 Å². The number of amides is 2. The molecular formula is C22H27N5O4. The van der Waals surface area contributed by atoms with Crippen LogP contribution >= 0.6 is 0 Å². The summed E-state index contributed by atoms with van der Waals surface area (Å²) in [6.45, 7) is 4.58. The summed E-state index contributed by atoms with van der Waals surface area (Å²) in [5.74, 6) is -0.476. The van der Waals surface area contributed by atoms with Gasteiger partial charge in [0.05, 0.1) is 6.10 Å². The topological polar surface area (TPSA) is 117 Å². The molecule has 2 N–H and O–H groups in total. The minimum Gasteiger partial charge on any atom is -0.367 e. The number of Topliss-reactive ketones (excluding diaryl/α,β-unsaturated/α-hetero) is 1. The van der Waals surface area contributed by atoms with Crippen LogP contribution in [0.3, 0.4) is 0 Å². The molecule has 1 saturated carbocycles. The second-order valence-electron chi connectivity index (χ2n) is 9.45. The van der Waals surface area contributed by atoms with Crippen LogP contribution in [0.1, 0.15) is 49.9 Å². The van der Waals surface area contributed by atoms with E-state index in [4.69, 9.17) is 4.74 Å². The number of hydrogen-bond donors (Lipinski definition) is 2. The van der Waals surface area contributed by atoms with Crippen LogP contribution in [0.4, 0.5) is 0 Å². The number of rotatable bonds is 4. The fraction of sp³-hybridized carbons (Fsp3) is 0.591. The number of nitrogens with one attached hydrogen (secondary N) is 2. The number of ether oxygens (including phenoxy) is 1.